The van der Waals surface area contributed by atoms with Gasteiger partial charge in [0.2, 0.25) is 5.91 Å². The number of carbonyl (C=O) groups excluding carboxylic acids is 2. The Hall–Kier alpha value is -1.07. The molecule has 4 nitrogen and oxygen atoms in total. The van der Waals surface area contributed by atoms with Gasteiger partial charge in [0.25, 0.3) is 5.91 Å². The zero-order valence-electron chi connectivity index (χ0n) is 12.2. The maximum atomic E-state index is 12.7. The van der Waals surface area contributed by atoms with Crippen molar-refractivity contribution >= 4 is 45.0 Å². The molecule has 0 spiro atoms. The average molecular weight is 374 g/mol. The number of nitrogens with zero attached hydrogens (tertiary/aromatic N) is 1. The molecule has 0 aromatic heterocycles. The molecule has 1 fully saturated rings. The van der Waals surface area contributed by atoms with Gasteiger partial charge < -0.3 is 5.32 Å². The third kappa shape index (κ3) is 3.09. The highest BCUT2D eigenvalue weighted by Crippen LogP contribution is 2.30. The van der Waals surface area contributed by atoms with Gasteiger partial charge in [0, 0.05) is 10.2 Å². The van der Waals surface area contributed by atoms with E-state index in [-0.39, 0.29) is 17.7 Å². The number of carbonyl (C=O) groups is 2. The van der Waals surface area contributed by atoms with Gasteiger partial charge in [0.05, 0.1) is 5.02 Å². The molecular weight excluding hydrogens is 356 g/mol. The molecule has 6 heteroatoms. The normalized spacial score (nSPS) is 24.0. The van der Waals surface area contributed by atoms with E-state index in [0.717, 1.165) is 10.9 Å². The van der Waals surface area contributed by atoms with Crippen LogP contribution < -0.4 is 10.2 Å². The second-order valence-electron chi connectivity index (χ2n) is 5.35. The van der Waals surface area contributed by atoms with E-state index in [2.05, 4.69) is 21.2 Å². The van der Waals surface area contributed by atoms with Gasteiger partial charge >= 0.3 is 0 Å². The molecule has 114 valence electrons. The summed E-state index contributed by atoms with van der Waals surface area (Å²) in [5.74, 6) is -0.142. The van der Waals surface area contributed by atoms with E-state index in [0.29, 0.717) is 10.7 Å². The monoisotopic (exact) mass is 372 g/mol. The molecule has 3 atom stereocenters. The second-order valence-corrected chi connectivity index (χ2v) is 6.62. The summed E-state index contributed by atoms with van der Waals surface area (Å²) < 4.78 is 0.757. The number of hydrogen-bond acceptors (Lipinski definition) is 2. The minimum atomic E-state index is -0.546. The van der Waals surface area contributed by atoms with Crippen molar-refractivity contribution in [2.75, 3.05) is 4.90 Å². The van der Waals surface area contributed by atoms with Gasteiger partial charge in [-0.15, -0.1) is 0 Å². The molecule has 1 N–H and O–H groups in total. The molecule has 0 aliphatic carbocycles. The Morgan fingerprint density at radius 2 is 2.10 bits per heavy atom. The van der Waals surface area contributed by atoms with Crippen LogP contribution in [-0.2, 0) is 9.59 Å². The smallest absolute Gasteiger partial charge is 0.250 e. The topological polar surface area (TPSA) is 49.4 Å². The number of hydrogen-bond donors (Lipinski definition) is 1. The summed E-state index contributed by atoms with van der Waals surface area (Å²) >= 11 is 9.43. The average Bonchev–Trinajstić information content (AvgIpc) is 2.46. The number of piperazine rings is 1. The molecule has 0 bridgehead atoms. The van der Waals surface area contributed by atoms with Crippen molar-refractivity contribution in [1.82, 2.24) is 5.32 Å². The summed E-state index contributed by atoms with van der Waals surface area (Å²) in [7, 11) is 0. The molecule has 2 rings (SSSR count). The van der Waals surface area contributed by atoms with Crippen LogP contribution in [0, 0.1) is 5.92 Å². The van der Waals surface area contributed by atoms with Gasteiger partial charge in [0.1, 0.15) is 12.1 Å². The van der Waals surface area contributed by atoms with Crippen molar-refractivity contribution in [2.24, 2.45) is 5.92 Å². The molecule has 1 aromatic rings. The molecule has 0 radical (unpaired) electrons. The fraction of sp³-hybridized carbons (Fsp3) is 0.467. The summed E-state index contributed by atoms with van der Waals surface area (Å²) in [6.45, 7) is 5.69. The number of nitrogens with one attached hydrogen (secondary N) is 1. The van der Waals surface area contributed by atoms with E-state index in [1.165, 1.54) is 4.90 Å². The van der Waals surface area contributed by atoms with Crippen LogP contribution in [0.1, 0.15) is 27.2 Å². The minimum absolute atomic E-state index is 0.0855. The van der Waals surface area contributed by atoms with Crippen molar-refractivity contribution in [3.63, 3.8) is 0 Å². The van der Waals surface area contributed by atoms with Crippen LogP contribution in [0.25, 0.3) is 0 Å². The Balaban J connectivity index is 2.40. The molecule has 1 aliphatic rings. The summed E-state index contributed by atoms with van der Waals surface area (Å²) in [4.78, 5) is 26.4. The lowest BCUT2D eigenvalue weighted by Crippen LogP contribution is -2.64. The van der Waals surface area contributed by atoms with Crippen molar-refractivity contribution in [1.29, 1.82) is 0 Å². The standard InChI is InChI=1S/C15H18BrClN2O2/c1-4-8(2)13-15(21)19(9(3)14(20)18-13)10-5-6-11(16)12(17)7-10/h5-9,13H,4H2,1-3H3,(H,18,20). The first kappa shape index (κ1) is 16.3. The number of benzene rings is 1. The van der Waals surface area contributed by atoms with Crippen LogP contribution >= 0.6 is 27.5 Å². The predicted octanol–water partition coefficient (Wildman–Crippen LogP) is 3.37. The van der Waals surface area contributed by atoms with Crippen LogP contribution in [0.2, 0.25) is 5.02 Å². The lowest BCUT2D eigenvalue weighted by molar-refractivity contribution is -0.134. The van der Waals surface area contributed by atoms with E-state index in [1.807, 2.05) is 13.8 Å². The van der Waals surface area contributed by atoms with Crippen molar-refractivity contribution in [2.45, 2.75) is 39.3 Å². The lowest BCUT2D eigenvalue weighted by atomic mass is 9.94. The summed E-state index contributed by atoms with van der Waals surface area (Å²) in [5.41, 5.74) is 0.642. The van der Waals surface area contributed by atoms with Gasteiger partial charge in [-0.25, -0.2) is 0 Å². The van der Waals surface area contributed by atoms with Gasteiger partial charge in [-0.1, -0.05) is 31.9 Å². The van der Waals surface area contributed by atoms with Crippen LogP contribution in [0.15, 0.2) is 22.7 Å². The molecule has 1 heterocycles. The maximum absolute atomic E-state index is 12.7. The molecule has 1 aromatic carbocycles. The zero-order chi connectivity index (χ0) is 15.7. The fourth-order valence-electron chi connectivity index (χ4n) is 2.40. The number of amides is 2. The quantitative estimate of drug-likeness (QED) is 0.883. The second kappa shape index (κ2) is 6.36. The summed E-state index contributed by atoms with van der Waals surface area (Å²) in [6, 6.07) is 4.24. The van der Waals surface area contributed by atoms with Crippen LogP contribution in [0.3, 0.4) is 0 Å². The highest BCUT2D eigenvalue weighted by molar-refractivity contribution is 9.10. The van der Waals surface area contributed by atoms with Gasteiger partial charge in [-0.05, 0) is 47.0 Å². The Morgan fingerprint density at radius 3 is 2.67 bits per heavy atom. The van der Waals surface area contributed by atoms with E-state index in [9.17, 15) is 9.59 Å². The van der Waals surface area contributed by atoms with Crippen LogP contribution in [0.5, 0.6) is 0 Å². The van der Waals surface area contributed by atoms with E-state index in [4.69, 9.17) is 11.6 Å². The molecule has 2 amide bonds. The van der Waals surface area contributed by atoms with Crippen molar-refractivity contribution in [3.8, 4) is 0 Å². The van der Waals surface area contributed by atoms with Gasteiger partial charge in [0.15, 0.2) is 0 Å². The molecule has 1 aliphatic heterocycles. The number of anilines is 1. The Bertz CT molecular complexity index is 579. The van der Waals surface area contributed by atoms with E-state index in [1.54, 1.807) is 25.1 Å². The summed E-state index contributed by atoms with van der Waals surface area (Å²) in [6.07, 6.45) is 0.819. The first-order chi connectivity index (χ1) is 9.86. The molecule has 1 saturated heterocycles. The number of rotatable bonds is 3. The van der Waals surface area contributed by atoms with Crippen LogP contribution in [-0.4, -0.2) is 23.9 Å². The predicted molar refractivity (Wildman–Crippen MR) is 87.5 cm³/mol. The van der Waals surface area contributed by atoms with Crippen LogP contribution in [0.4, 0.5) is 5.69 Å². The molecule has 3 unspecified atom stereocenters. The minimum Gasteiger partial charge on any atom is -0.342 e. The third-order valence-electron chi connectivity index (χ3n) is 3.96. The van der Waals surface area contributed by atoms with E-state index < -0.39 is 12.1 Å². The summed E-state index contributed by atoms with van der Waals surface area (Å²) in [5, 5.41) is 3.33. The highest BCUT2D eigenvalue weighted by atomic mass is 79.9. The lowest BCUT2D eigenvalue weighted by Gasteiger charge is -2.39. The molecular formula is C15H18BrClN2O2. The number of halogens is 2. The van der Waals surface area contributed by atoms with Gasteiger partial charge in [-0.3, -0.25) is 14.5 Å². The Morgan fingerprint density at radius 1 is 1.43 bits per heavy atom. The molecule has 21 heavy (non-hydrogen) atoms. The van der Waals surface area contributed by atoms with Crippen molar-refractivity contribution in [3.05, 3.63) is 27.7 Å². The fourth-order valence-corrected chi connectivity index (χ4v) is 2.82. The van der Waals surface area contributed by atoms with Crippen molar-refractivity contribution < 1.29 is 9.59 Å². The highest BCUT2D eigenvalue weighted by Gasteiger charge is 2.40. The van der Waals surface area contributed by atoms with E-state index >= 15 is 0 Å². The SMILES string of the molecule is CCC(C)C1NC(=O)C(C)N(c2ccc(Br)c(Cl)c2)C1=O. The molecule has 0 saturated carbocycles. The first-order valence-electron chi connectivity index (χ1n) is 6.95. The third-order valence-corrected chi connectivity index (χ3v) is 5.19. The Labute approximate surface area is 138 Å². The zero-order valence-corrected chi connectivity index (χ0v) is 14.5. The largest absolute Gasteiger partial charge is 0.342 e. The van der Waals surface area contributed by atoms with Gasteiger partial charge in [-0.2, -0.15) is 0 Å². The Kier molecular flexibility index (Phi) is 4.94. The first-order valence-corrected chi connectivity index (χ1v) is 8.12. The maximum Gasteiger partial charge on any atom is 0.250 e.